The summed E-state index contributed by atoms with van der Waals surface area (Å²) < 4.78 is 51.4. The van der Waals surface area contributed by atoms with Crippen molar-refractivity contribution in [2.45, 2.75) is 18.3 Å². The van der Waals surface area contributed by atoms with Crippen LogP contribution in [0, 0.1) is 0 Å². The third-order valence-corrected chi connectivity index (χ3v) is 5.52. The average molecular weight is 488 g/mol. The monoisotopic (exact) mass is 488 g/mol. The number of rotatable bonds is 8. The molecule has 0 aliphatic heterocycles. The van der Waals surface area contributed by atoms with Crippen LogP contribution in [0.1, 0.15) is 12.5 Å². The van der Waals surface area contributed by atoms with Crippen LogP contribution in [0.5, 0.6) is 5.75 Å². The number of halogens is 3. The van der Waals surface area contributed by atoms with Gasteiger partial charge in [0.15, 0.2) is 10.9 Å². The van der Waals surface area contributed by atoms with E-state index in [1.807, 2.05) is 19.1 Å². The number of nitrogens with zero attached hydrogens (tertiary/aromatic N) is 3. The van der Waals surface area contributed by atoms with E-state index in [0.29, 0.717) is 29.1 Å². The molecule has 4 rings (SSSR count). The highest BCUT2D eigenvalue weighted by atomic mass is 32.2. The lowest BCUT2D eigenvalue weighted by atomic mass is 10.2. The van der Waals surface area contributed by atoms with Crippen LogP contribution < -0.4 is 10.1 Å². The summed E-state index contributed by atoms with van der Waals surface area (Å²) in [6, 6.07) is 15.2. The number of nitrogens with one attached hydrogen (secondary N) is 1. The van der Waals surface area contributed by atoms with Crippen molar-refractivity contribution in [2.24, 2.45) is 0 Å². The summed E-state index contributed by atoms with van der Waals surface area (Å²) in [4.78, 5) is 12.4. The number of furan rings is 1. The van der Waals surface area contributed by atoms with Crippen molar-refractivity contribution in [2.75, 3.05) is 17.7 Å². The van der Waals surface area contributed by atoms with Crippen LogP contribution in [0.3, 0.4) is 0 Å². The van der Waals surface area contributed by atoms with E-state index in [9.17, 15) is 18.0 Å². The zero-order chi connectivity index (χ0) is 24.1. The van der Waals surface area contributed by atoms with Crippen molar-refractivity contribution in [3.05, 3.63) is 72.5 Å². The van der Waals surface area contributed by atoms with Gasteiger partial charge in [0.25, 0.3) is 0 Å². The summed E-state index contributed by atoms with van der Waals surface area (Å²) in [5.41, 5.74) is -0.0541. The lowest BCUT2D eigenvalue weighted by molar-refractivity contribution is -0.137. The first-order valence-electron chi connectivity index (χ1n) is 10.2. The normalized spacial score (nSPS) is 11.4. The Balaban J connectivity index is 1.53. The largest absolute Gasteiger partial charge is 0.494 e. The molecule has 0 atom stereocenters. The number of hydrogen-bond acceptors (Lipinski definition) is 6. The maximum Gasteiger partial charge on any atom is 0.416 e. The van der Waals surface area contributed by atoms with Gasteiger partial charge in [-0.25, -0.2) is 0 Å². The molecule has 2 aromatic carbocycles. The Hall–Kier alpha value is -3.73. The molecule has 7 nitrogen and oxygen atoms in total. The molecule has 2 heterocycles. The first-order chi connectivity index (χ1) is 16.3. The van der Waals surface area contributed by atoms with Gasteiger partial charge in [0.2, 0.25) is 11.7 Å². The number of aromatic nitrogens is 3. The molecule has 0 unspecified atom stereocenters. The number of alkyl halides is 3. The zero-order valence-corrected chi connectivity index (χ0v) is 18.7. The first kappa shape index (κ1) is 23.4. The van der Waals surface area contributed by atoms with Gasteiger partial charge in [-0.15, -0.1) is 10.2 Å². The van der Waals surface area contributed by atoms with Gasteiger partial charge in [-0.1, -0.05) is 17.8 Å². The molecule has 0 saturated carbocycles. The van der Waals surface area contributed by atoms with E-state index in [2.05, 4.69) is 15.5 Å². The molecule has 1 amide bonds. The first-order valence-corrected chi connectivity index (χ1v) is 11.2. The van der Waals surface area contributed by atoms with Crippen molar-refractivity contribution < 1.29 is 27.1 Å². The van der Waals surface area contributed by atoms with Gasteiger partial charge >= 0.3 is 6.18 Å². The summed E-state index contributed by atoms with van der Waals surface area (Å²) in [6.45, 7) is 2.42. The molecule has 0 fully saturated rings. The Morgan fingerprint density at radius 1 is 1.12 bits per heavy atom. The number of amides is 1. The van der Waals surface area contributed by atoms with Crippen molar-refractivity contribution in [1.82, 2.24) is 14.8 Å². The molecule has 11 heteroatoms. The van der Waals surface area contributed by atoms with E-state index in [0.717, 1.165) is 29.6 Å². The molecule has 0 aliphatic rings. The average Bonchev–Trinajstić information content (AvgIpc) is 3.48. The molecule has 4 aromatic rings. The Labute approximate surface area is 196 Å². The summed E-state index contributed by atoms with van der Waals surface area (Å²) in [6.07, 6.45) is -2.98. The highest BCUT2D eigenvalue weighted by Crippen LogP contribution is 2.31. The number of carbonyl (C=O) groups is 1. The van der Waals surface area contributed by atoms with Gasteiger partial charge in [-0.2, -0.15) is 13.2 Å². The van der Waals surface area contributed by atoms with E-state index in [4.69, 9.17) is 9.15 Å². The molecule has 0 bridgehead atoms. The van der Waals surface area contributed by atoms with Gasteiger partial charge in [0.05, 0.1) is 29.9 Å². The number of carbonyl (C=O) groups excluding carboxylic acids is 1. The lowest BCUT2D eigenvalue weighted by Gasteiger charge is -2.11. The predicted molar refractivity (Wildman–Crippen MR) is 121 cm³/mol. The number of thioether (sulfide) groups is 1. The molecule has 0 radical (unpaired) electrons. The molecule has 1 N–H and O–H groups in total. The SMILES string of the molecule is CCOc1ccc(-n2c(SCC(=O)Nc3cccc(C(F)(F)F)c3)nnc2-c2ccco2)cc1. The van der Waals surface area contributed by atoms with Gasteiger partial charge < -0.3 is 14.5 Å². The van der Waals surface area contributed by atoms with Gasteiger partial charge in [-0.3, -0.25) is 9.36 Å². The van der Waals surface area contributed by atoms with E-state index in [-0.39, 0.29) is 11.4 Å². The second-order valence-electron chi connectivity index (χ2n) is 6.96. The Bertz CT molecular complexity index is 1260. The molecule has 0 saturated heterocycles. The van der Waals surface area contributed by atoms with Crippen molar-refractivity contribution >= 4 is 23.4 Å². The van der Waals surface area contributed by atoms with Crippen molar-refractivity contribution in [3.8, 4) is 23.0 Å². The van der Waals surface area contributed by atoms with Crippen LogP contribution in [0.25, 0.3) is 17.3 Å². The van der Waals surface area contributed by atoms with Gasteiger partial charge in [0.1, 0.15) is 5.75 Å². The fraction of sp³-hybridized carbons (Fsp3) is 0.174. The standard InChI is InChI=1S/C23H19F3N4O3S/c1-2-32-18-10-8-17(9-11-18)30-21(19-7-4-12-33-19)28-29-22(30)34-14-20(31)27-16-6-3-5-15(13-16)23(24,25)26/h3-13H,2,14H2,1H3,(H,27,31). The minimum atomic E-state index is -4.49. The fourth-order valence-electron chi connectivity index (χ4n) is 3.12. The molecule has 2 aromatic heterocycles. The summed E-state index contributed by atoms with van der Waals surface area (Å²) >= 11 is 1.09. The van der Waals surface area contributed by atoms with E-state index < -0.39 is 17.6 Å². The van der Waals surface area contributed by atoms with Crippen LogP contribution in [0.15, 0.2) is 76.5 Å². The highest BCUT2D eigenvalue weighted by molar-refractivity contribution is 7.99. The topological polar surface area (TPSA) is 82.2 Å². The van der Waals surface area contributed by atoms with Crippen LogP contribution in [0.2, 0.25) is 0 Å². The second kappa shape index (κ2) is 10.0. The minimum Gasteiger partial charge on any atom is -0.494 e. The molecular formula is C23H19F3N4O3S. The Morgan fingerprint density at radius 3 is 2.59 bits per heavy atom. The number of hydrogen-bond donors (Lipinski definition) is 1. The van der Waals surface area contributed by atoms with Crippen LogP contribution in [-0.4, -0.2) is 33.0 Å². The van der Waals surface area contributed by atoms with Gasteiger partial charge in [-0.05, 0) is 61.5 Å². The maximum absolute atomic E-state index is 12.9. The number of ether oxygens (including phenoxy) is 1. The molecule has 176 valence electrons. The van der Waals surface area contributed by atoms with Crippen LogP contribution in [-0.2, 0) is 11.0 Å². The van der Waals surface area contributed by atoms with Crippen molar-refractivity contribution in [3.63, 3.8) is 0 Å². The second-order valence-corrected chi connectivity index (χ2v) is 7.90. The van der Waals surface area contributed by atoms with E-state index in [1.165, 1.54) is 18.4 Å². The highest BCUT2D eigenvalue weighted by Gasteiger charge is 2.30. The fourth-order valence-corrected chi connectivity index (χ4v) is 3.87. The smallest absolute Gasteiger partial charge is 0.416 e. The van der Waals surface area contributed by atoms with Gasteiger partial charge in [0, 0.05) is 5.69 Å². The Kier molecular flexibility index (Phi) is 6.92. The van der Waals surface area contributed by atoms with E-state index in [1.54, 1.807) is 28.8 Å². The minimum absolute atomic E-state index is 0.0599. The van der Waals surface area contributed by atoms with Crippen molar-refractivity contribution in [1.29, 1.82) is 0 Å². The molecule has 34 heavy (non-hydrogen) atoms. The molecule has 0 aliphatic carbocycles. The molecule has 0 spiro atoms. The van der Waals surface area contributed by atoms with Crippen LogP contribution in [0.4, 0.5) is 18.9 Å². The summed E-state index contributed by atoms with van der Waals surface area (Å²) in [7, 11) is 0. The Morgan fingerprint density at radius 2 is 1.91 bits per heavy atom. The number of benzene rings is 2. The number of anilines is 1. The zero-order valence-electron chi connectivity index (χ0n) is 17.9. The predicted octanol–water partition coefficient (Wildman–Crippen LogP) is 5.68. The quantitative estimate of drug-likeness (QED) is 0.322. The summed E-state index contributed by atoms with van der Waals surface area (Å²) in [5, 5.41) is 11.3. The molecular weight excluding hydrogens is 469 g/mol. The van der Waals surface area contributed by atoms with E-state index >= 15 is 0 Å². The third kappa shape index (κ3) is 5.42. The summed E-state index contributed by atoms with van der Waals surface area (Å²) in [5.74, 6) is 1.05. The lowest BCUT2D eigenvalue weighted by Crippen LogP contribution is -2.15. The maximum atomic E-state index is 12.9. The third-order valence-electron chi connectivity index (χ3n) is 4.59. The van der Waals surface area contributed by atoms with Crippen LogP contribution >= 0.6 is 11.8 Å².